The van der Waals surface area contributed by atoms with Gasteiger partial charge < -0.3 is 19.5 Å². The Balaban J connectivity index is 1.28. The molecule has 10 heteroatoms. The van der Waals surface area contributed by atoms with Gasteiger partial charge in [-0.1, -0.05) is 0 Å². The summed E-state index contributed by atoms with van der Waals surface area (Å²) >= 11 is 3.36. The van der Waals surface area contributed by atoms with Crippen LogP contribution in [0.3, 0.4) is 0 Å². The fourth-order valence-corrected chi connectivity index (χ4v) is 6.91. The van der Waals surface area contributed by atoms with E-state index in [1.807, 2.05) is 37.3 Å². The number of thiazole rings is 1. The highest BCUT2D eigenvalue weighted by atomic mass is 32.2. The minimum atomic E-state index is -0.996. The van der Waals surface area contributed by atoms with Gasteiger partial charge in [0.25, 0.3) is 0 Å². The van der Waals surface area contributed by atoms with Crippen molar-refractivity contribution in [3.05, 3.63) is 88.7 Å². The Morgan fingerprint density at radius 1 is 1.07 bits per heavy atom. The number of hydrogen-bond donors (Lipinski definition) is 1. The molecule has 1 saturated heterocycles. The number of carboxylic acid groups (broad SMARTS) is 1. The molecule has 0 amide bonds. The van der Waals surface area contributed by atoms with Crippen LogP contribution >= 0.6 is 23.1 Å². The second-order valence-corrected chi connectivity index (χ2v) is 12.3. The number of aromatic nitrogens is 1. The van der Waals surface area contributed by atoms with E-state index in [1.165, 1.54) is 29.6 Å². The summed E-state index contributed by atoms with van der Waals surface area (Å²) in [6.07, 6.45) is -0.912. The van der Waals surface area contributed by atoms with Gasteiger partial charge in [0, 0.05) is 59.5 Å². The first-order valence-corrected chi connectivity index (χ1v) is 15.6. The number of carbonyl (C=O) groups is 1. The maximum Gasteiger partial charge on any atom is 0.344 e. The summed E-state index contributed by atoms with van der Waals surface area (Å²) in [5.74, 6) is 0.910. The van der Waals surface area contributed by atoms with Gasteiger partial charge in [-0.05, 0) is 86.1 Å². The third kappa shape index (κ3) is 7.42. The third-order valence-electron chi connectivity index (χ3n) is 7.22. The molecule has 0 aliphatic carbocycles. The Labute approximate surface area is 253 Å². The van der Waals surface area contributed by atoms with Gasteiger partial charge in [0.05, 0.1) is 12.8 Å². The zero-order valence-corrected chi connectivity index (χ0v) is 25.5. The highest BCUT2D eigenvalue weighted by Crippen LogP contribution is 2.35. The van der Waals surface area contributed by atoms with Crippen LogP contribution in [0.4, 0.5) is 10.1 Å². The summed E-state index contributed by atoms with van der Waals surface area (Å²) in [5, 5.41) is 10.0. The maximum absolute atomic E-state index is 13.6. The van der Waals surface area contributed by atoms with Crippen LogP contribution in [0.5, 0.6) is 11.5 Å². The monoisotopic (exact) mass is 607 g/mol. The second kappa shape index (κ2) is 13.6. The Hall–Kier alpha value is -3.60. The number of rotatable bonds is 11. The van der Waals surface area contributed by atoms with Crippen LogP contribution in [0.2, 0.25) is 0 Å². The molecule has 1 aromatic heterocycles. The number of methoxy groups -OCH3 is 1. The molecule has 1 aliphatic heterocycles. The van der Waals surface area contributed by atoms with Crippen molar-refractivity contribution in [2.45, 2.75) is 37.1 Å². The van der Waals surface area contributed by atoms with E-state index in [4.69, 9.17) is 19.6 Å². The maximum atomic E-state index is 13.6. The minimum Gasteiger partial charge on any atom is -0.497 e. The summed E-state index contributed by atoms with van der Waals surface area (Å²) in [5.41, 5.74) is 4.05. The number of nitrogens with zero attached hydrogens (tertiary/aromatic N) is 3. The highest BCUT2D eigenvalue weighted by molar-refractivity contribution is 7.98. The molecule has 1 aliphatic rings. The SMILES string of the molecule is COc1ccc(N2CCN(Cc3nc(-c4ccc(F)cc4)sc3CSc3ccc(OC(C)C(=O)O)c(C)c3)CC2)cc1. The second-order valence-electron chi connectivity index (χ2n) is 10.2. The number of aryl methyl sites for hydroxylation is 1. The van der Waals surface area contributed by atoms with E-state index in [0.29, 0.717) is 5.75 Å². The first-order valence-electron chi connectivity index (χ1n) is 13.8. The minimum absolute atomic E-state index is 0.262. The van der Waals surface area contributed by atoms with Gasteiger partial charge >= 0.3 is 5.97 Å². The molecule has 0 bridgehead atoms. The molecule has 220 valence electrons. The molecule has 0 radical (unpaired) electrons. The average Bonchev–Trinajstić information content (AvgIpc) is 3.40. The number of anilines is 1. The molecule has 1 fully saturated rings. The molecular formula is C32H34FN3O4S2. The zero-order chi connectivity index (χ0) is 29.6. The first-order chi connectivity index (χ1) is 20.3. The van der Waals surface area contributed by atoms with E-state index in [2.05, 4.69) is 21.9 Å². The smallest absolute Gasteiger partial charge is 0.344 e. The number of hydrogen-bond acceptors (Lipinski definition) is 8. The van der Waals surface area contributed by atoms with Gasteiger partial charge in [-0.3, -0.25) is 4.90 Å². The molecule has 1 atom stereocenters. The Morgan fingerprint density at radius 3 is 2.43 bits per heavy atom. The number of benzene rings is 3. The van der Waals surface area contributed by atoms with Crippen molar-refractivity contribution in [2.75, 3.05) is 38.2 Å². The molecule has 1 unspecified atom stereocenters. The first kappa shape index (κ1) is 29.9. The number of piperazine rings is 1. The van der Waals surface area contributed by atoms with Gasteiger partial charge in [0.15, 0.2) is 6.10 Å². The predicted molar refractivity (Wildman–Crippen MR) is 166 cm³/mol. The van der Waals surface area contributed by atoms with E-state index < -0.39 is 12.1 Å². The molecule has 2 heterocycles. The number of aliphatic carboxylic acids is 1. The summed E-state index contributed by atoms with van der Waals surface area (Å²) in [6, 6.07) is 20.5. The normalized spacial score (nSPS) is 14.5. The lowest BCUT2D eigenvalue weighted by Gasteiger charge is -2.36. The van der Waals surface area contributed by atoms with Crippen molar-refractivity contribution in [1.82, 2.24) is 9.88 Å². The molecule has 5 rings (SSSR count). The highest BCUT2D eigenvalue weighted by Gasteiger charge is 2.21. The standard InChI is InChI=1S/C32H34FN3O4S2/c1-21-18-27(12-13-29(21)40-22(2)32(37)38)41-20-30-28(34-31(42-30)23-4-6-24(33)7-5-23)19-35-14-16-36(17-15-35)25-8-10-26(39-3)11-9-25/h4-13,18,22H,14-17,19-20H2,1-3H3,(H,37,38). The molecule has 0 saturated carbocycles. The summed E-state index contributed by atoms with van der Waals surface area (Å²) in [6.45, 7) is 7.91. The Bertz CT molecular complexity index is 1500. The topological polar surface area (TPSA) is 75.1 Å². The Morgan fingerprint density at radius 2 is 1.79 bits per heavy atom. The summed E-state index contributed by atoms with van der Waals surface area (Å²) in [4.78, 5) is 23.3. The lowest BCUT2D eigenvalue weighted by molar-refractivity contribution is -0.144. The molecule has 0 spiro atoms. The summed E-state index contributed by atoms with van der Waals surface area (Å²) < 4.78 is 24.5. The van der Waals surface area contributed by atoms with Gasteiger partial charge in [-0.2, -0.15) is 0 Å². The van der Waals surface area contributed by atoms with Crippen molar-refractivity contribution in [3.8, 4) is 22.1 Å². The third-order valence-corrected chi connectivity index (χ3v) is 9.57. The molecule has 4 aromatic rings. The van der Waals surface area contributed by atoms with E-state index in [0.717, 1.165) is 71.0 Å². The molecule has 42 heavy (non-hydrogen) atoms. The van der Waals surface area contributed by atoms with Crippen molar-refractivity contribution in [1.29, 1.82) is 0 Å². The van der Waals surface area contributed by atoms with Gasteiger partial charge in [-0.15, -0.1) is 23.1 Å². The quantitative estimate of drug-likeness (QED) is 0.188. The molecule has 7 nitrogen and oxygen atoms in total. The van der Waals surface area contributed by atoms with Crippen LogP contribution in [-0.2, 0) is 17.1 Å². The molecule has 3 aromatic carbocycles. The number of ether oxygens (including phenoxy) is 2. The predicted octanol–water partition coefficient (Wildman–Crippen LogP) is 6.73. The van der Waals surface area contributed by atoms with Crippen molar-refractivity contribution in [2.24, 2.45) is 0 Å². The van der Waals surface area contributed by atoms with Crippen LogP contribution in [0.1, 0.15) is 23.1 Å². The van der Waals surface area contributed by atoms with Crippen LogP contribution in [0, 0.1) is 12.7 Å². The van der Waals surface area contributed by atoms with E-state index in [9.17, 15) is 9.18 Å². The van der Waals surface area contributed by atoms with Crippen molar-refractivity contribution < 1.29 is 23.8 Å². The number of halogens is 1. The lowest BCUT2D eigenvalue weighted by Crippen LogP contribution is -2.46. The van der Waals surface area contributed by atoms with Crippen LogP contribution in [0.15, 0.2) is 71.6 Å². The van der Waals surface area contributed by atoms with E-state index in [-0.39, 0.29) is 5.82 Å². The lowest BCUT2D eigenvalue weighted by atomic mass is 10.2. The van der Waals surface area contributed by atoms with Gasteiger partial charge in [-0.25, -0.2) is 14.2 Å². The van der Waals surface area contributed by atoms with Crippen LogP contribution < -0.4 is 14.4 Å². The largest absolute Gasteiger partial charge is 0.497 e. The number of carboxylic acids is 1. The fraction of sp³-hybridized carbons (Fsp3) is 0.312. The van der Waals surface area contributed by atoms with E-state index >= 15 is 0 Å². The average molecular weight is 608 g/mol. The van der Waals surface area contributed by atoms with Crippen molar-refractivity contribution >= 4 is 34.8 Å². The Kier molecular flexibility index (Phi) is 9.66. The number of thioether (sulfide) groups is 1. The molecule has 1 N–H and O–H groups in total. The summed E-state index contributed by atoms with van der Waals surface area (Å²) in [7, 11) is 1.68. The van der Waals surface area contributed by atoms with Gasteiger partial charge in [0.1, 0.15) is 22.3 Å². The van der Waals surface area contributed by atoms with Gasteiger partial charge in [0.2, 0.25) is 0 Å². The molecular weight excluding hydrogens is 574 g/mol. The van der Waals surface area contributed by atoms with E-state index in [1.54, 1.807) is 42.3 Å². The van der Waals surface area contributed by atoms with Crippen LogP contribution in [-0.4, -0.2) is 60.4 Å². The van der Waals surface area contributed by atoms with Crippen LogP contribution in [0.25, 0.3) is 10.6 Å². The van der Waals surface area contributed by atoms with Crippen molar-refractivity contribution in [3.63, 3.8) is 0 Å². The zero-order valence-electron chi connectivity index (χ0n) is 23.9. The fourth-order valence-electron chi connectivity index (χ4n) is 4.74.